The molecule has 0 amide bonds. The summed E-state index contributed by atoms with van der Waals surface area (Å²) >= 11 is 0. The van der Waals surface area contributed by atoms with Gasteiger partial charge in [0.05, 0.1) is 19.3 Å². The van der Waals surface area contributed by atoms with Crippen molar-refractivity contribution < 1.29 is 13.9 Å². The van der Waals surface area contributed by atoms with E-state index in [0.29, 0.717) is 25.6 Å². The SMILES string of the molecule is Cc1cnc([C@@H]2COCCN2CCOc2ccc(F)cc2)[nH]1. The van der Waals surface area contributed by atoms with Crippen LogP contribution in [0.3, 0.4) is 0 Å². The van der Waals surface area contributed by atoms with E-state index in [2.05, 4.69) is 14.9 Å². The summed E-state index contributed by atoms with van der Waals surface area (Å²) in [7, 11) is 0. The van der Waals surface area contributed by atoms with Crippen LogP contribution >= 0.6 is 0 Å². The molecule has 1 aliphatic rings. The molecule has 0 bridgehead atoms. The highest BCUT2D eigenvalue weighted by atomic mass is 19.1. The number of hydrogen-bond donors (Lipinski definition) is 1. The Morgan fingerprint density at radius 1 is 1.41 bits per heavy atom. The molecule has 1 aromatic carbocycles. The average molecular weight is 305 g/mol. The van der Waals surface area contributed by atoms with Gasteiger partial charge in [0, 0.05) is 25.0 Å². The minimum atomic E-state index is -0.256. The second-order valence-corrected chi connectivity index (χ2v) is 5.38. The van der Waals surface area contributed by atoms with Crippen LogP contribution in [0, 0.1) is 12.7 Å². The smallest absolute Gasteiger partial charge is 0.126 e. The molecule has 1 aromatic heterocycles. The van der Waals surface area contributed by atoms with E-state index < -0.39 is 0 Å². The summed E-state index contributed by atoms with van der Waals surface area (Å²) in [6.45, 7) is 5.49. The van der Waals surface area contributed by atoms with E-state index >= 15 is 0 Å². The van der Waals surface area contributed by atoms with E-state index in [9.17, 15) is 4.39 Å². The molecule has 1 fully saturated rings. The summed E-state index contributed by atoms with van der Waals surface area (Å²) in [5.41, 5.74) is 1.04. The maximum atomic E-state index is 12.9. The number of morpholine rings is 1. The zero-order chi connectivity index (χ0) is 15.4. The van der Waals surface area contributed by atoms with Crippen molar-refractivity contribution in [2.75, 3.05) is 32.9 Å². The van der Waals surface area contributed by atoms with Gasteiger partial charge in [-0.2, -0.15) is 0 Å². The molecule has 0 unspecified atom stereocenters. The Morgan fingerprint density at radius 2 is 2.23 bits per heavy atom. The van der Waals surface area contributed by atoms with E-state index in [4.69, 9.17) is 9.47 Å². The lowest BCUT2D eigenvalue weighted by atomic mass is 10.2. The Hall–Kier alpha value is -1.92. The van der Waals surface area contributed by atoms with Crippen LogP contribution in [0.1, 0.15) is 17.6 Å². The lowest BCUT2D eigenvalue weighted by Gasteiger charge is -2.34. The van der Waals surface area contributed by atoms with E-state index in [1.54, 1.807) is 12.1 Å². The number of rotatable bonds is 5. The molecule has 5 nitrogen and oxygen atoms in total. The third kappa shape index (κ3) is 3.64. The molecule has 1 atom stereocenters. The Kier molecular flexibility index (Phi) is 4.70. The second kappa shape index (κ2) is 6.89. The van der Waals surface area contributed by atoms with Crippen molar-refractivity contribution in [3.63, 3.8) is 0 Å². The first-order valence-corrected chi connectivity index (χ1v) is 7.44. The summed E-state index contributed by atoms with van der Waals surface area (Å²) in [5.74, 6) is 1.35. The number of benzene rings is 1. The molecule has 0 radical (unpaired) electrons. The quantitative estimate of drug-likeness (QED) is 0.921. The zero-order valence-electron chi connectivity index (χ0n) is 12.6. The largest absolute Gasteiger partial charge is 0.492 e. The Bertz CT molecular complexity index is 600. The van der Waals surface area contributed by atoms with Crippen LogP contribution in [-0.4, -0.2) is 47.8 Å². The lowest BCUT2D eigenvalue weighted by Crippen LogP contribution is -2.42. The van der Waals surface area contributed by atoms with Gasteiger partial charge in [-0.05, 0) is 31.2 Å². The number of hydrogen-bond acceptors (Lipinski definition) is 4. The topological polar surface area (TPSA) is 50.4 Å². The summed E-state index contributed by atoms with van der Waals surface area (Å²) in [6.07, 6.45) is 1.83. The molecule has 118 valence electrons. The molecule has 0 saturated carbocycles. The number of ether oxygens (including phenoxy) is 2. The molecule has 1 N–H and O–H groups in total. The van der Waals surface area contributed by atoms with Crippen molar-refractivity contribution in [3.8, 4) is 5.75 Å². The van der Waals surface area contributed by atoms with Crippen LogP contribution in [0.2, 0.25) is 0 Å². The van der Waals surface area contributed by atoms with Crippen molar-refractivity contribution in [3.05, 3.63) is 47.8 Å². The molecular formula is C16H20FN3O2. The molecule has 1 aliphatic heterocycles. The van der Waals surface area contributed by atoms with Gasteiger partial charge in [0.2, 0.25) is 0 Å². The van der Waals surface area contributed by atoms with Gasteiger partial charge in [-0.1, -0.05) is 0 Å². The number of aromatic amines is 1. The minimum absolute atomic E-state index is 0.124. The van der Waals surface area contributed by atoms with Crippen molar-refractivity contribution in [1.29, 1.82) is 0 Å². The van der Waals surface area contributed by atoms with Gasteiger partial charge in [-0.3, -0.25) is 4.90 Å². The number of aromatic nitrogens is 2. The number of imidazole rings is 1. The van der Waals surface area contributed by atoms with E-state index in [-0.39, 0.29) is 11.9 Å². The zero-order valence-corrected chi connectivity index (χ0v) is 12.6. The van der Waals surface area contributed by atoms with Gasteiger partial charge >= 0.3 is 0 Å². The molecule has 2 aromatic rings. The van der Waals surface area contributed by atoms with Crippen LogP contribution < -0.4 is 4.74 Å². The van der Waals surface area contributed by atoms with E-state index in [0.717, 1.165) is 24.6 Å². The van der Waals surface area contributed by atoms with Gasteiger partial charge < -0.3 is 14.5 Å². The van der Waals surface area contributed by atoms with E-state index in [1.807, 2.05) is 13.1 Å². The fourth-order valence-electron chi connectivity index (χ4n) is 2.57. The predicted octanol–water partition coefficient (Wildman–Crippen LogP) is 2.31. The van der Waals surface area contributed by atoms with Crippen LogP contribution in [0.4, 0.5) is 4.39 Å². The highest BCUT2D eigenvalue weighted by Gasteiger charge is 2.26. The monoisotopic (exact) mass is 305 g/mol. The van der Waals surface area contributed by atoms with Gasteiger partial charge in [-0.15, -0.1) is 0 Å². The molecule has 22 heavy (non-hydrogen) atoms. The first kappa shape index (κ1) is 15.0. The van der Waals surface area contributed by atoms with Gasteiger partial charge in [0.25, 0.3) is 0 Å². The third-order valence-electron chi connectivity index (χ3n) is 3.74. The van der Waals surface area contributed by atoms with Crippen LogP contribution in [-0.2, 0) is 4.74 Å². The molecule has 2 heterocycles. The van der Waals surface area contributed by atoms with Gasteiger partial charge in [-0.25, -0.2) is 9.37 Å². The molecule has 0 spiro atoms. The average Bonchev–Trinajstić information content (AvgIpc) is 2.96. The molecule has 1 saturated heterocycles. The highest BCUT2D eigenvalue weighted by Crippen LogP contribution is 2.21. The predicted molar refractivity (Wildman–Crippen MR) is 80.4 cm³/mol. The van der Waals surface area contributed by atoms with Gasteiger partial charge in [0.1, 0.15) is 24.0 Å². The lowest BCUT2D eigenvalue weighted by molar-refractivity contribution is -0.0161. The van der Waals surface area contributed by atoms with E-state index in [1.165, 1.54) is 12.1 Å². The number of H-pyrrole nitrogens is 1. The number of nitrogens with zero attached hydrogens (tertiary/aromatic N) is 2. The number of halogens is 1. The highest BCUT2D eigenvalue weighted by molar-refractivity contribution is 5.22. The molecule has 0 aliphatic carbocycles. The maximum Gasteiger partial charge on any atom is 0.126 e. The summed E-state index contributed by atoms with van der Waals surface area (Å²) in [4.78, 5) is 9.98. The molecule has 6 heteroatoms. The Balaban J connectivity index is 1.56. The molecular weight excluding hydrogens is 285 g/mol. The summed E-state index contributed by atoms with van der Waals surface area (Å²) in [5, 5.41) is 0. The van der Waals surface area contributed by atoms with Crippen LogP contribution in [0.15, 0.2) is 30.5 Å². The minimum Gasteiger partial charge on any atom is -0.492 e. The van der Waals surface area contributed by atoms with Crippen LogP contribution in [0.5, 0.6) is 5.75 Å². The Morgan fingerprint density at radius 3 is 2.95 bits per heavy atom. The fraction of sp³-hybridized carbons (Fsp3) is 0.438. The maximum absolute atomic E-state index is 12.9. The first-order valence-electron chi connectivity index (χ1n) is 7.44. The van der Waals surface area contributed by atoms with Crippen LogP contribution in [0.25, 0.3) is 0 Å². The van der Waals surface area contributed by atoms with Crippen molar-refractivity contribution >= 4 is 0 Å². The number of aryl methyl sites for hydroxylation is 1. The number of nitrogens with one attached hydrogen (secondary N) is 1. The standard InChI is InChI=1S/C16H20FN3O2/c1-12-10-18-16(19-12)15-11-21-8-6-20(15)7-9-22-14-4-2-13(17)3-5-14/h2-5,10,15H,6-9,11H2,1H3,(H,18,19)/t15-/m0/s1. The first-order chi connectivity index (χ1) is 10.7. The normalized spacial score (nSPS) is 19.3. The van der Waals surface area contributed by atoms with Crippen molar-refractivity contribution in [2.24, 2.45) is 0 Å². The summed E-state index contributed by atoms with van der Waals surface area (Å²) in [6, 6.07) is 6.21. The third-order valence-corrected chi connectivity index (χ3v) is 3.74. The van der Waals surface area contributed by atoms with Gasteiger partial charge in [0.15, 0.2) is 0 Å². The Labute approximate surface area is 129 Å². The fourth-order valence-corrected chi connectivity index (χ4v) is 2.57. The van der Waals surface area contributed by atoms with Crippen molar-refractivity contribution in [1.82, 2.24) is 14.9 Å². The second-order valence-electron chi connectivity index (χ2n) is 5.38. The van der Waals surface area contributed by atoms with Crippen molar-refractivity contribution in [2.45, 2.75) is 13.0 Å². The summed E-state index contributed by atoms with van der Waals surface area (Å²) < 4.78 is 24.1. The molecule has 3 rings (SSSR count).